The van der Waals surface area contributed by atoms with E-state index in [1.54, 1.807) is 0 Å². The number of nitro benzene ring substituents is 1. The number of hydrogen-bond donors (Lipinski definition) is 0. The first-order valence-corrected chi connectivity index (χ1v) is 8.05. The van der Waals surface area contributed by atoms with Gasteiger partial charge in [0.25, 0.3) is 5.69 Å². The highest BCUT2D eigenvalue weighted by Crippen LogP contribution is 2.30. The van der Waals surface area contributed by atoms with Gasteiger partial charge in [0.15, 0.2) is 0 Å². The predicted octanol–water partition coefficient (Wildman–Crippen LogP) is 2.31. The average molecular weight is 330 g/mol. The van der Waals surface area contributed by atoms with Crippen LogP contribution in [0.25, 0.3) is 0 Å². The lowest BCUT2D eigenvalue weighted by Crippen LogP contribution is -2.42. The van der Waals surface area contributed by atoms with Crippen LogP contribution in [-0.4, -0.2) is 30.2 Å². The van der Waals surface area contributed by atoms with E-state index in [1.807, 2.05) is 6.07 Å². The molecule has 0 spiro atoms. The van der Waals surface area contributed by atoms with Crippen LogP contribution in [0.1, 0.15) is 19.3 Å². The summed E-state index contributed by atoms with van der Waals surface area (Å²) in [5, 5.41) is 19.8. The molecule has 112 valence electrons. The van der Waals surface area contributed by atoms with E-state index >= 15 is 0 Å². The molecule has 7 nitrogen and oxygen atoms in total. The monoisotopic (exact) mass is 329 g/mol. The third kappa shape index (κ3) is 3.00. The molecule has 1 saturated heterocycles. The van der Waals surface area contributed by atoms with Crippen molar-refractivity contribution in [2.45, 2.75) is 30.2 Å². The van der Waals surface area contributed by atoms with Gasteiger partial charge in [-0.05, 0) is 31.4 Å². The molecule has 1 aliphatic rings. The molecule has 9 heteroatoms. The van der Waals surface area contributed by atoms with Crippen molar-refractivity contribution in [3.63, 3.8) is 0 Å². The van der Waals surface area contributed by atoms with Crippen LogP contribution < -0.4 is 0 Å². The maximum atomic E-state index is 12.6. The number of piperidine rings is 1. The molecule has 0 N–H and O–H groups in total. The second-order valence-electron chi connectivity index (χ2n) is 4.63. The molecule has 0 amide bonds. The fraction of sp³-hybridized carbons (Fsp3) is 0.417. The minimum atomic E-state index is -3.95. The Bertz CT molecular complexity index is 714. The summed E-state index contributed by atoms with van der Waals surface area (Å²) in [4.78, 5) is 9.90. The SMILES string of the molecule is N#CC1CCCCN1S(=O)(=O)c1ccc(Cl)c([N+](=O)[O-])c1. The summed E-state index contributed by atoms with van der Waals surface area (Å²) in [5.74, 6) is 0. The van der Waals surface area contributed by atoms with Gasteiger partial charge in [0.05, 0.1) is 15.9 Å². The summed E-state index contributed by atoms with van der Waals surface area (Å²) in [5.41, 5.74) is -0.469. The largest absolute Gasteiger partial charge is 0.289 e. The molecule has 0 saturated carbocycles. The van der Waals surface area contributed by atoms with E-state index in [4.69, 9.17) is 16.9 Å². The Labute approximate surface area is 126 Å². The molecule has 1 aromatic rings. The lowest BCUT2D eigenvalue weighted by molar-refractivity contribution is -0.384. The van der Waals surface area contributed by atoms with Gasteiger partial charge < -0.3 is 0 Å². The number of halogens is 1. The number of nitrogens with zero attached hydrogens (tertiary/aromatic N) is 3. The molecular formula is C12H12ClN3O4S. The van der Waals surface area contributed by atoms with Crippen LogP contribution in [0, 0.1) is 21.4 Å². The quantitative estimate of drug-likeness (QED) is 0.625. The fourth-order valence-electron chi connectivity index (χ4n) is 2.25. The van der Waals surface area contributed by atoms with Crippen molar-refractivity contribution in [1.29, 1.82) is 5.26 Å². The second-order valence-corrected chi connectivity index (χ2v) is 6.92. The highest BCUT2D eigenvalue weighted by Gasteiger charge is 2.34. The normalized spacial score (nSPS) is 19.9. The zero-order valence-electron chi connectivity index (χ0n) is 10.9. The molecule has 0 aliphatic carbocycles. The van der Waals surface area contributed by atoms with Gasteiger partial charge in [0, 0.05) is 12.6 Å². The Balaban J connectivity index is 2.47. The van der Waals surface area contributed by atoms with Gasteiger partial charge in [-0.1, -0.05) is 11.6 Å². The standard InChI is InChI=1S/C12H12ClN3O4S/c13-11-5-4-10(7-12(11)16(17)18)21(19,20)15-6-2-1-3-9(15)8-14/h4-5,7,9H,1-3,6H2. The van der Waals surface area contributed by atoms with Crippen LogP contribution in [0.5, 0.6) is 0 Å². The van der Waals surface area contributed by atoms with Crippen LogP contribution in [0.15, 0.2) is 23.1 Å². The van der Waals surface area contributed by atoms with Gasteiger partial charge in [-0.3, -0.25) is 10.1 Å². The predicted molar refractivity (Wildman–Crippen MR) is 75.3 cm³/mol. The third-order valence-corrected chi connectivity index (χ3v) is 5.55. The van der Waals surface area contributed by atoms with Crippen molar-refractivity contribution < 1.29 is 13.3 Å². The van der Waals surface area contributed by atoms with Gasteiger partial charge in [0.1, 0.15) is 11.1 Å². The molecule has 0 aromatic heterocycles. The first kappa shape index (κ1) is 15.7. The molecule has 1 fully saturated rings. The summed E-state index contributed by atoms with van der Waals surface area (Å²) in [6.45, 7) is 0.233. The minimum Gasteiger partial charge on any atom is -0.258 e. The number of nitriles is 1. The maximum Gasteiger partial charge on any atom is 0.289 e. The average Bonchev–Trinajstić information content (AvgIpc) is 2.47. The number of hydrogen-bond acceptors (Lipinski definition) is 5. The molecular weight excluding hydrogens is 318 g/mol. The van der Waals surface area contributed by atoms with Gasteiger partial charge >= 0.3 is 0 Å². The summed E-state index contributed by atoms with van der Waals surface area (Å²) < 4.78 is 26.2. The first-order valence-electron chi connectivity index (χ1n) is 6.23. The summed E-state index contributed by atoms with van der Waals surface area (Å²) >= 11 is 5.68. The lowest BCUT2D eigenvalue weighted by atomic mass is 10.1. The molecule has 21 heavy (non-hydrogen) atoms. The summed E-state index contributed by atoms with van der Waals surface area (Å²) in [7, 11) is -3.95. The maximum absolute atomic E-state index is 12.6. The van der Waals surface area contributed by atoms with Crippen molar-refractivity contribution in [1.82, 2.24) is 4.31 Å². The zero-order valence-corrected chi connectivity index (χ0v) is 12.5. The van der Waals surface area contributed by atoms with Crippen molar-refractivity contribution in [3.05, 3.63) is 33.3 Å². The van der Waals surface area contributed by atoms with E-state index in [-0.39, 0.29) is 16.5 Å². The Morgan fingerprint density at radius 1 is 1.43 bits per heavy atom. The minimum absolute atomic E-state index is 0.130. The van der Waals surface area contributed by atoms with E-state index in [9.17, 15) is 18.5 Å². The van der Waals surface area contributed by atoms with E-state index < -0.39 is 26.7 Å². The molecule has 2 rings (SSSR count). The molecule has 1 aromatic carbocycles. The van der Waals surface area contributed by atoms with Crippen LogP contribution in [0.3, 0.4) is 0 Å². The Morgan fingerprint density at radius 2 is 2.14 bits per heavy atom. The summed E-state index contributed by atoms with van der Waals surface area (Å²) in [6.07, 6.45) is 1.91. The van der Waals surface area contributed by atoms with Gasteiger partial charge in [-0.2, -0.15) is 9.57 Å². The van der Waals surface area contributed by atoms with Crippen LogP contribution >= 0.6 is 11.6 Å². The summed E-state index contributed by atoms with van der Waals surface area (Å²) in [6, 6.07) is 4.55. The molecule has 1 atom stereocenters. The molecule has 1 aliphatic heterocycles. The molecule has 1 heterocycles. The van der Waals surface area contributed by atoms with E-state index in [1.165, 1.54) is 12.1 Å². The van der Waals surface area contributed by atoms with Crippen LogP contribution in [0.2, 0.25) is 5.02 Å². The topological polar surface area (TPSA) is 104 Å². The van der Waals surface area contributed by atoms with Gasteiger partial charge in [0.2, 0.25) is 10.0 Å². The smallest absolute Gasteiger partial charge is 0.258 e. The van der Waals surface area contributed by atoms with E-state index in [0.717, 1.165) is 16.8 Å². The fourth-order valence-corrected chi connectivity index (χ4v) is 4.06. The van der Waals surface area contributed by atoms with Crippen LogP contribution in [0.4, 0.5) is 5.69 Å². The van der Waals surface area contributed by atoms with E-state index in [0.29, 0.717) is 12.8 Å². The number of benzene rings is 1. The number of nitro groups is 1. The van der Waals surface area contributed by atoms with Crippen molar-refractivity contribution in [2.24, 2.45) is 0 Å². The molecule has 0 radical (unpaired) electrons. The second kappa shape index (κ2) is 5.97. The van der Waals surface area contributed by atoms with Gasteiger partial charge in [-0.15, -0.1) is 0 Å². The van der Waals surface area contributed by atoms with Crippen molar-refractivity contribution >= 4 is 27.3 Å². The number of sulfonamides is 1. The highest BCUT2D eigenvalue weighted by atomic mass is 35.5. The lowest BCUT2D eigenvalue weighted by Gasteiger charge is -2.30. The molecule has 1 unspecified atom stereocenters. The molecule has 0 bridgehead atoms. The van der Waals surface area contributed by atoms with Crippen molar-refractivity contribution in [2.75, 3.05) is 6.54 Å². The highest BCUT2D eigenvalue weighted by molar-refractivity contribution is 7.89. The van der Waals surface area contributed by atoms with Crippen LogP contribution in [-0.2, 0) is 10.0 Å². The van der Waals surface area contributed by atoms with Gasteiger partial charge in [-0.25, -0.2) is 8.42 Å². The Kier molecular flexibility index (Phi) is 4.46. The third-order valence-electron chi connectivity index (χ3n) is 3.32. The number of rotatable bonds is 3. The van der Waals surface area contributed by atoms with E-state index in [2.05, 4.69) is 0 Å². The Morgan fingerprint density at radius 3 is 2.76 bits per heavy atom. The zero-order chi connectivity index (χ0) is 15.6. The Hall–Kier alpha value is -1.69. The first-order chi connectivity index (χ1) is 9.87. The van der Waals surface area contributed by atoms with Crippen molar-refractivity contribution in [3.8, 4) is 6.07 Å².